The first-order valence-electron chi connectivity index (χ1n) is 30.8. The van der Waals surface area contributed by atoms with Crippen LogP contribution in [0.5, 0.6) is 0 Å². The molecule has 0 radical (unpaired) electrons. The van der Waals surface area contributed by atoms with Gasteiger partial charge in [0.1, 0.15) is 0 Å². The zero-order valence-electron chi connectivity index (χ0n) is 52.1. The molecule has 0 atom stereocenters. The highest BCUT2D eigenvalue weighted by atomic mass is 32.1. The Kier molecular flexibility index (Phi) is 12.7. The van der Waals surface area contributed by atoms with Gasteiger partial charge < -0.3 is 9.80 Å². The molecule has 2 aliphatic heterocycles. The fraction of sp³-hybridized carbons (Fsp3) is 0.235. The highest BCUT2D eigenvalue weighted by Gasteiger charge is 2.46. The summed E-state index contributed by atoms with van der Waals surface area (Å²) in [5, 5.41) is 8.99. The maximum atomic E-state index is 2.73. The van der Waals surface area contributed by atoms with Gasteiger partial charge in [-0.1, -0.05) is 255 Å². The molecule has 0 aliphatic carbocycles. The van der Waals surface area contributed by atoms with E-state index in [4.69, 9.17) is 0 Å². The van der Waals surface area contributed by atoms with Gasteiger partial charge in [-0.05, 0) is 164 Å². The number of thiophene rings is 1. The van der Waals surface area contributed by atoms with Crippen LogP contribution in [0.4, 0.5) is 34.1 Å². The fourth-order valence-corrected chi connectivity index (χ4v) is 15.1. The predicted octanol–water partition coefficient (Wildman–Crippen LogP) is 21.8. The molecule has 0 saturated heterocycles. The minimum Gasteiger partial charge on any atom is -0.311 e. The first-order valence-corrected chi connectivity index (χ1v) is 31.6. The zero-order valence-corrected chi connectivity index (χ0v) is 52.9. The topological polar surface area (TPSA) is 6.48 Å². The lowest BCUT2D eigenvalue weighted by molar-refractivity contribution is 0.590. The Morgan fingerprint density at radius 1 is 0.341 bits per heavy atom. The third-order valence-corrected chi connectivity index (χ3v) is 19.9. The third-order valence-electron chi connectivity index (χ3n) is 18.7. The van der Waals surface area contributed by atoms with Gasteiger partial charge in [0.2, 0.25) is 0 Å². The summed E-state index contributed by atoms with van der Waals surface area (Å²) in [4.78, 5) is 5.38. The zero-order chi connectivity index (χ0) is 59.2. The first kappa shape index (κ1) is 54.7. The van der Waals surface area contributed by atoms with Crippen molar-refractivity contribution in [3.05, 3.63) is 234 Å². The van der Waals surface area contributed by atoms with E-state index in [2.05, 4.69) is 313 Å². The molecule has 3 heterocycles. The lowest BCUT2D eigenvalue weighted by Gasteiger charge is -2.44. The van der Waals surface area contributed by atoms with E-state index in [-0.39, 0.29) is 28.4 Å². The third kappa shape index (κ3) is 9.04. The molecule has 11 aromatic carbocycles. The summed E-state index contributed by atoms with van der Waals surface area (Å²) >= 11 is 1.99. The largest absolute Gasteiger partial charge is 0.311 e. The molecule has 2 aliphatic rings. The van der Waals surface area contributed by atoms with E-state index in [9.17, 15) is 0 Å². The van der Waals surface area contributed by atoms with Crippen molar-refractivity contribution < 1.29 is 0 Å². The smallest absolute Gasteiger partial charge is 0.264 e. The second-order valence-electron chi connectivity index (χ2n) is 28.8. The summed E-state index contributed by atoms with van der Waals surface area (Å²) in [5.74, 6) is 0.334. The van der Waals surface area contributed by atoms with Crippen molar-refractivity contribution in [2.75, 3.05) is 9.80 Å². The average Bonchev–Trinajstić information content (AvgIpc) is 1.71. The Balaban J connectivity index is 1.09. The minimum absolute atomic E-state index is 0.0142. The lowest BCUT2D eigenvalue weighted by Crippen LogP contribution is -2.60. The summed E-state index contributed by atoms with van der Waals surface area (Å²) in [6.45, 7) is 32.6. The van der Waals surface area contributed by atoms with Crippen LogP contribution in [0.25, 0.3) is 75.8 Å². The SMILES string of the molecule is CC(C)c1ccc2c(c1)B1c3sc4ccc(C(C)(C)C)cc4c3N(c3c(-c4ccc(C(C)(C)C)cc4)cccc3-c3ccc(C(C)(C)C)cc3)c3cccc(c31)N2c1ccc(C(C)(C)C)cc1-c1ccc2c3ccccc3c3ccccc3c2c1. The van der Waals surface area contributed by atoms with E-state index in [1.54, 1.807) is 0 Å². The van der Waals surface area contributed by atoms with Crippen molar-refractivity contribution in [1.82, 2.24) is 0 Å². The number of benzene rings is 11. The van der Waals surface area contributed by atoms with E-state index in [1.165, 1.54) is 153 Å². The number of rotatable bonds is 6. The van der Waals surface area contributed by atoms with E-state index < -0.39 is 0 Å². The molecule has 12 aromatic rings. The molecule has 0 bridgehead atoms. The van der Waals surface area contributed by atoms with Gasteiger partial charge in [-0.15, -0.1) is 11.3 Å². The van der Waals surface area contributed by atoms with Crippen LogP contribution in [0.3, 0.4) is 0 Å². The fourth-order valence-electron chi connectivity index (χ4n) is 13.8. The quantitative estimate of drug-likeness (QED) is 0.121. The van der Waals surface area contributed by atoms with Gasteiger partial charge >= 0.3 is 0 Å². The average molecular weight is 1120 g/mol. The number of para-hydroxylation sites is 1. The summed E-state index contributed by atoms with van der Waals surface area (Å²) in [5.41, 5.74) is 23.7. The molecule has 0 N–H and O–H groups in total. The Labute approximate surface area is 508 Å². The van der Waals surface area contributed by atoms with Gasteiger partial charge in [-0.2, -0.15) is 0 Å². The summed E-state index contributed by atoms with van der Waals surface area (Å²) in [6, 6.07) is 80.4. The van der Waals surface area contributed by atoms with Crippen LogP contribution in [-0.4, -0.2) is 6.71 Å². The standard InChI is InChI=1S/C81H77BN2S/c1-49(2)52-34-42-70-68(46-52)82-74-71(83(70)69-43-39-56(80(9,10)11)47-65(69)53-33-41-64-62-23-16-15-21-60(62)61-22-17-18-24-63(61)66(64)45-53)27-20-28-72(74)84(76-67-48-57(81(12,13)14)40-44-73(67)85-77(76)82)75-58(50-29-35-54(36-30-50)78(3,4)5)25-19-26-59(75)51-31-37-55(38-32-51)79(6,7)8/h15-49H,1-14H3. The molecule has 14 rings (SSSR count). The number of fused-ring (bicyclic) bond motifs is 12. The van der Waals surface area contributed by atoms with Gasteiger partial charge in [-0.3, -0.25) is 0 Å². The van der Waals surface area contributed by atoms with Crippen LogP contribution >= 0.6 is 11.3 Å². The second-order valence-corrected chi connectivity index (χ2v) is 29.8. The van der Waals surface area contributed by atoms with Gasteiger partial charge in [0.15, 0.2) is 0 Å². The molecule has 0 amide bonds. The first-order chi connectivity index (χ1) is 40.5. The molecule has 0 saturated carbocycles. The molecule has 420 valence electrons. The number of nitrogens with zero attached hydrogens (tertiary/aromatic N) is 2. The molecule has 2 nitrogen and oxygen atoms in total. The van der Waals surface area contributed by atoms with E-state index in [0.29, 0.717) is 5.92 Å². The van der Waals surface area contributed by atoms with Crippen LogP contribution in [0, 0.1) is 0 Å². The predicted molar refractivity (Wildman–Crippen MR) is 374 cm³/mol. The maximum Gasteiger partial charge on any atom is 0.264 e. The lowest BCUT2D eigenvalue weighted by atomic mass is 9.36. The summed E-state index contributed by atoms with van der Waals surface area (Å²) < 4.78 is 2.69. The van der Waals surface area contributed by atoms with Crippen LogP contribution in [0.2, 0.25) is 0 Å². The van der Waals surface area contributed by atoms with Crippen molar-refractivity contribution in [3.63, 3.8) is 0 Å². The normalized spacial score (nSPS) is 13.6. The van der Waals surface area contributed by atoms with Gasteiger partial charge in [0, 0.05) is 48.6 Å². The molecular formula is C81H77BN2S. The van der Waals surface area contributed by atoms with E-state index >= 15 is 0 Å². The van der Waals surface area contributed by atoms with Crippen LogP contribution in [0.15, 0.2) is 206 Å². The Morgan fingerprint density at radius 2 is 0.812 bits per heavy atom. The highest BCUT2D eigenvalue weighted by Crippen LogP contribution is 2.54. The summed E-state index contributed by atoms with van der Waals surface area (Å²) in [7, 11) is 0. The molecular weight excluding hydrogens is 1040 g/mol. The van der Waals surface area contributed by atoms with Gasteiger partial charge in [0.25, 0.3) is 6.71 Å². The van der Waals surface area contributed by atoms with E-state index in [0.717, 1.165) is 0 Å². The van der Waals surface area contributed by atoms with Gasteiger partial charge in [-0.25, -0.2) is 0 Å². The van der Waals surface area contributed by atoms with Crippen LogP contribution in [-0.2, 0) is 21.7 Å². The Bertz CT molecular complexity index is 4550. The van der Waals surface area contributed by atoms with Crippen molar-refractivity contribution in [2.45, 2.75) is 125 Å². The monoisotopic (exact) mass is 1120 g/mol. The number of hydrogen-bond donors (Lipinski definition) is 0. The minimum atomic E-state index is -0.0911. The Morgan fingerprint density at radius 3 is 1.36 bits per heavy atom. The van der Waals surface area contributed by atoms with Crippen LogP contribution in [0.1, 0.15) is 131 Å². The molecule has 0 fully saturated rings. The molecule has 0 spiro atoms. The molecule has 85 heavy (non-hydrogen) atoms. The summed E-state index contributed by atoms with van der Waals surface area (Å²) in [6.07, 6.45) is 0. The van der Waals surface area contributed by atoms with Crippen molar-refractivity contribution >= 4 is 110 Å². The second kappa shape index (κ2) is 19.7. The Hall–Kier alpha value is -8.18. The van der Waals surface area contributed by atoms with Gasteiger partial charge in [0.05, 0.1) is 17.1 Å². The molecule has 0 unspecified atom stereocenters. The van der Waals surface area contributed by atoms with Crippen LogP contribution < -0.4 is 25.5 Å². The van der Waals surface area contributed by atoms with E-state index in [1.807, 2.05) is 11.3 Å². The highest BCUT2D eigenvalue weighted by molar-refractivity contribution is 7.33. The van der Waals surface area contributed by atoms with Crippen molar-refractivity contribution in [2.24, 2.45) is 0 Å². The number of hydrogen-bond acceptors (Lipinski definition) is 3. The van der Waals surface area contributed by atoms with Crippen molar-refractivity contribution in [3.8, 4) is 33.4 Å². The van der Waals surface area contributed by atoms with Crippen molar-refractivity contribution in [1.29, 1.82) is 0 Å². The molecule has 1 aromatic heterocycles. The molecule has 4 heteroatoms. The number of anilines is 6. The maximum absolute atomic E-state index is 2.73.